The smallest absolute Gasteiger partial charge is 0.151 e. The average molecular weight is 272 g/mol. The highest BCUT2D eigenvalue weighted by Crippen LogP contribution is 2.21. The van der Waals surface area contributed by atoms with Crippen molar-refractivity contribution >= 4 is 33.9 Å². The van der Waals surface area contributed by atoms with Crippen molar-refractivity contribution in [2.75, 3.05) is 0 Å². The van der Waals surface area contributed by atoms with Crippen LogP contribution in [0.2, 0.25) is 0 Å². The molecule has 1 rings (SSSR count). The quantitative estimate of drug-likeness (QED) is 0.498. The minimum absolute atomic E-state index is 0.000526. The molecule has 6 N–H and O–H groups in total. The third-order valence-electron chi connectivity index (χ3n) is 1.93. The molecule has 1 aromatic rings. The van der Waals surface area contributed by atoms with Crippen molar-refractivity contribution in [3.8, 4) is 0 Å². The molecule has 0 bridgehead atoms. The molecule has 0 atom stereocenters. The summed E-state index contributed by atoms with van der Waals surface area (Å²) < 4.78 is 13.1. The summed E-state index contributed by atoms with van der Waals surface area (Å²) in [6.45, 7) is 0. The maximum atomic E-state index is 13.1. The lowest BCUT2D eigenvalue weighted by Gasteiger charge is -2.08. The van der Waals surface area contributed by atoms with E-state index in [0.29, 0.717) is 11.5 Å². The van der Waals surface area contributed by atoms with Crippen molar-refractivity contribution in [3.05, 3.63) is 35.1 Å². The number of nitrogens with two attached hydrogens (primary N) is 2. The Bertz CT molecular complexity index is 436. The Morgan fingerprint density at radius 3 is 2.12 bits per heavy atom. The molecule has 0 aliphatic carbocycles. The molecule has 1 aromatic carbocycles. The van der Waals surface area contributed by atoms with Gasteiger partial charge in [-0.1, -0.05) is 29.6 Å². The minimum atomic E-state index is -0.319. The third-order valence-corrected chi connectivity index (χ3v) is 3.47. The van der Waals surface area contributed by atoms with Gasteiger partial charge in [-0.2, -0.15) is 0 Å². The molecule has 0 aromatic heterocycles. The van der Waals surface area contributed by atoms with Crippen molar-refractivity contribution in [1.82, 2.24) is 0 Å². The molecule has 0 saturated carbocycles. The lowest BCUT2D eigenvalue weighted by atomic mass is 10.1. The summed E-state index contributed by atoms with van der Waals surface area (Å²) in [5.41, 5.74) is 12.2. The van der Waals surface area contributed by atoms with E-state index in [-0.39, 0.29) is 16.2 Å². The summed E-state index contributed by atoms with van der Waals surface area (Å²) in [7, 11) is 0. The Kier molecular flexibility index (Phi) is 5.30. The van der Waals surface area contributed by atoms with Gasteiger partial charge < -0.3 is 11.5 Å². The first-order valence-electron chi connectivity index (χ1n) is 4.70. The number of halogens is 1. The zero-order valence-corrected chi connectivity index (χ0v) is 10.6. The predicted octanol–water partition coefficient (Wildman–Crippen LogP) is 2.08. The molecule has 0 heterocycles. The molecular formula is C10H13FN4S2. The molecule has 0 spiro atoms. The zero-order valence-electron chi connectivity index (χ0n) is 9.00. The van der Waals surface area contributed by atoms with Crippen LogP contribution >= 0.6 is 23.5 Å². The van der Waals surface area contributed by atoms with Crippen LogP contribution in [0.3, 0.4) is 0 Å². The van der Waals surface area contributed by atoms with Crippen molar-refractivity contribution in [2.24, 2.45) is 11.5 Å². The molecular weight excluding hydrogens is 259 g/mol. The van der Waals surface area contributed by atoms with E-state index in [1.165, 1.54) is 23.9 Å². The molecule has 0 saturated heterocycles. The second-order valence-electron chi connectivity index (χ2n) is 3.22. The number of hydrogen-bond donors (Lipinski definition) is 4. The van der Waals surface area contributed by atoms with Gasteiger partial charge in [0.2, 0.25) is 0 Å². The van der Waals surface area contributed by atoms with Gasteiger partial charge in [-0.25, -0.2) is 4.39 Å². The SMILES string of the molecule is N=C(N)SCc1ccc(F)cc1CSC(=N)N. The standard InChI is InChI=1S/C10H13FN4S2/c11-8-2-1-6(4-16-9(12)13)7(3-8)5-17-10(14)15/h1-3H,4-5H2,(H3,12,13)(H3,14,15). The summed E-state index contributed by atoms with van der Waals surface area (Å²) in [4.78, 5) is 0. The highest BCUT2D eigenvalue weighted by Gasteiger charge is 2.06. The largest absolute Gasteiger partial charge is 0.379 e. The number of hydrogen-bond acceptors (Lipinski definition) is 4. The summed E-state index contributed by atoms with van der Waals surface area (Å²) >= 11 is 2.32. The number of amidine groups is 2. The van der Waals surface area contributed by atoms with Crippen LogP contribution in [0.5, 0.6) is 0 Å². The van der Waals surface area contributed by atoms with Crippen LogP contribution in [0, 0.1) is 16.6 Å². The Morgan fingerprint density at radius 1 is 1.06 bits per heavy atom. The first kappa shape index (κ1) is 13.9. The lowest BCUT2D eigenvalue weighted by Crippen LogP contribution is -2.06. The molecule has 4 nitrogen and oxygen atoms in total. The van der Waals surface area contributed by atoms with E-state index in [0.717, 1.165) is 22.9 Å². The topological polar surface area (TPSA) is 99.7 Å². The van der Waals surface area contributed by atoms with Crippen LogP contribution in [0.1, 0.15) is 11.1 Å². The Labute approximate surface area is 107 Å². The molecule has 0 amide bonds. The maximum absolute atomic E-state index is 13.1. The van der Waals surface area contributed by atoms with E-state index in [1.807, 2.05) is 0 Å². The number of thioether (sulfide) groups is 2. The van der Waals surface area contributed by atoms with Crippen molar-refractivity contribution in [3.63, 3.8) is 0 Å². The van der Waals surface area contributed by atoms with E-state index in [1.54, 1.807) is 6.07 Å². The van der Waals surface area contributed by atoms with Gasteiger partial charge in [0.15, 0.2) is 10.3 Å². The van der Waals surface area contributed by atoms with Gasteiger partial charge in [-0.3, -0.25) is 10.8 Å². The summed E-state index contributed by atoms with van der Waals surface area (Å²) in [5, 5.41) is 14.3. The van der Waals surface area contributed by atoms with E-state index in [4.69, 9.17) is 22.3 Å². The second kappa shape index (κ2) is 6.51. The van der Waals surface area contributed by atoms with Gasteiger partial charge in [0.1, 0.15) is 5.82 Å². The first-order valence-corrected chi connectivity index (χ1v) is 6.67. The van der Waals surface area contributed by atoms with Gasteiger partial charge in [-0.15, -0.1) is 0 Å². The number of rotatable bonds is 4. The Morgan fingerprint density at radius 2 is 1.59 bits per heavy atom. The van der Waals surface area contributed by atoms with Crippen LogP contribution in [0.25, 0.3) is 0 Å². The van der Waals surface area contributed by atoms with Gasteiger partial charge >= 0.3 is 0 Å². The van der Waals surface area contributed by atoms with Crippen LogP contribution in [0.15, 0.2) is 18.2 Å². The summed E-state index contributed by atoms with van der Waals surface area (Å²) in [5.74, 6) is 0.644. The van der Waals surface area contributed by atoms with Gasteiger partial charge in [-0.05, 0) is 23.3 Å². The van der Waals surface area contributed by atoms with Crippen LogP contribution < -0.4 is 11.5 Å². The highest BCUT2D eigenvalue weighted by atomic mass is 32.2. The zero-order chi connectivity index (χ0) is 12.8. The van der Waals surface area contributed by atoms with Gasteiger partial charge in [0.25, 0.3) is 0 Å². The summed E-state index contributed by atoms with van der Waals surface area (Å²) in [6, 6.07) is 4.46. The van der Waals surface area contributed by atoms with Crippen molar-refractivity contribution in [2.45, 2.75) is 11.5 Å². The lowest BCUT2D eigenvalue weighted by molar-refractivity contribution is 0.626. The molecule has 92 valence electrons. The Hall–Kier alpha value is -1.21. The predicted molar refractivity (Wildman–Crippen MR) is 72.8 cm³/mol. The Balaban J connectivity index is 2.79. The van der Waals surface area contributed by atoms with E-state index in [2.05, 4.69) is 0 Å². The van der Waals surface area contributed by atoms with E-state index < -0.39 is 0 Å². The summed E-state index contributed by atoms with van der Waals surface area (Å²) in [6.07, 6.45) is 0. The minimum Gasteiger partial charge on any atom is -0.379 e. The molecule has 17 heavy (non-hydrogen) atoms. The second-order valence-corrected chi connectivity index (χ2v) is 5.25. The molecule has 0 unspecified atom stereocenters. The number of nitrogens with one attached hydrogen (secondary N) is 2. The van der Waals surface area contributed by atoms with Crippen molar-refractivity contribution in [1.29, 1.82) is 10.8 Å². The molecule has 0 fully saturated rings. The van der Waals surface area contributed by atoms with Crippen LogP contribution in [-0.4, -0.2) is 10.3 Å². The van der Waals surface area contributed by atoms with Gasteiger partial charge in [0, 0.05) is 11.5 Å². The maximum Gasteiger partial charge on any atom is 0.151 e. The third kappa shape index (κ3) is 5.10. The monoisotopic (exact) mass is 272 g/mol. The highest BCUT2D eigenvalue weighted by molar-refractivity contribution is 8.13. The number of benzene rings is 1. The molecule has 7 heteroatoms. The average Bonchev–Trinajstić information content (AvgIpc) is 2.24. The fraction of sp³-hybridized carbons (Fsp3) is 0.200. The van der Waals surface area contributed by atoms with Crippen LogP contribution in [-0.2, 0) is 11.5 Å². The van der Waals surface area contributed by atoms with Crippen molar-refractivity contribution < 1.29 is 4.39 Å². The first-order chi connectivity index (χ1) is 7.99. The van der Waals surface area contributed by atoms with E-state index in [9.17, 15) is 4.39 Å². The fourth-order valence-electron chi connectivity index (χ4n) is 1.18. The normalized spacial score (nSPS) is 10.2. The van der Waals surface area contributed by atoms with Gasteiger partial charge in [0.05, 0.1) is 0 Å². The van der Waals surface area contributed by atoms with Crippen LogP contribution in [0.4, 0.5) is 4.39 Å². The molecule has 0 aliphatic rings. The molecule has 0 aliphatic heterocycles. The molecule has 0 radical (unpaired) electrons. The fourth-order valence-corrected chi connectivity index (χ4v) is 2.35. The van der Waals surface area contributed by atoms with E-state index >= 15 is 0 Å².